The third-order valence-corrected chi connectivity index (χ3v) is 9.00. The van der Waals surface area contributed by atoms with Gasteiger partial charge in [0.15, 0.2) is 0 Å². The first kappa shape index (κ1) is 85.3. The molecule has 0 radical (unpaired) electrons. The summed E-state index contributed by atoms with van der Waals surface area (Å²) in [4.78, 5) is 4.76. The largest absolute Gasteiger partial charge is 1.00 e. The zero-order valence-corrected chi connectivity index (χ0v) is 44.9. The molecule has 90 heavy (non-hydrogen) atoms. The fourth-order valence-corrected chi connectivity index (χ4v) is 5.54. The summed E-state index contributed by atoms with van der Waals surface area (Å²) >= 11 is 0. The van der Waals surface area contributed by atoms with Crippen molar-refractivity contribution in [2.75, 3.05) is 0 Å². The standard InChI is InChI=1S/2C21H7F18N2.2C2H3N.2Ag/c2*22-16(23,24)8-1-9(17(25,26)27)4-12(3-8)40-14(20(34,35)36)7-15(21(37,38)39)41-13-5-10(18(28,29)30)2-11(6-13)19(31,32)33;2*1-2-3;;/h2*1-7H;2*1H3;;/q2*-1;;;2*+1/b2*14-7-,41-15?;;;;. The van der Waals surface area contributed by atoms with Gasteiger partial charge >= 0.3 is 119 Å². The maximum atomic E-state index is 13.5. The van der Waals surface area contributed by atoms with Gasteiger partial charge in [-0.2, -0.15) is 169 Å². The van der Waals surface area contributed by atoms with Crippen molar-refractivity contribution in [3.63, 3.8) is 0 Å². The molecule has 0 aliphatic rings. The van der Waals surface area contributed by atoms with E-state index in [1.165, 1.54) is 13.8 Å². The molecule has 6 nitrogen and oxygen atoms in total. The number of halogens is 36. The van der Waals surface area contributed by atoms with Crippen molar-refractivity contribution in [3.05, 3.63) is 151 Å². The van der Waals surface area contributed by atoms with Crippen LogP contribution in [0.1, 0.15) is 58.4 Å². The van der Waals surface area contributed by atoms with Crippen molar-refractivity contribution in [1.29, 1.82) is 10.5 Å². The minimum atomic E-state index is -6.08. The Morgan fingerprint density at radius 1 is 0.300 bits per heavy atom. The van der Waals surface area contributed by atoms with Gasteiger partial charge in [0, 0.05) is 13.8 Å². The summed E-state index contributed by atoms with van der Waals surface area (Å²) in [6.07, 6.45) is -71.4. The number of nitrogens with zero attached hydrogens (tertiary/aromatic N) is 6. The number of aliphatic imine (C=N–C) groups is 2. The monoisotopic (exact) mass is 1550 g/mol. The number of hydrogen-bond acceptors (Lipinski definition) is 4. The Morgan fingerprint density at radius 2 is 0.456 bits per heavy atom. The topological polar surface area (TPSA) is 100 Å². The first-order chi connectivity index (χ1) is 39.0. The van der Waals surface area contributed by atoms with E-state index in [9.17, 15) is 158 Å². The molecule has 0 spiro atoms. The van der Waals surface area contributed by atoms with Crippen molar-refractivity contribution >= 4 is 34.2 Å². The van der Waals surface area contributed by atoms with Gasteiger partial charge in [-0.3, -0.25) is 0 Å². The molecule has 0 aromatic heterocycles. The van der Waals surface area contributed by atoms with Gasteiger partial charge in [0.25, 0.3) is 0 Å². The van der Waals surface area contributed by atoms with Gasteiger partial charge in [0.05, 0.1) is 68.0 Å². The van der Waals surface area contributed by atoms with Crippen LogP contribution < -0.4 is 0 Å². The Bertz CT molecular complexity index is 2920. The van der Waals surface area contributed by atoms with Gasteiger partial charge in [-0.15, -0.1) is 11.4 Å². The zero-order valence-electron chi connectivity index (χ0n) is 42.0. The normalized spacial score (nSPS) is 13.7. The van der Waals surface area contributed by atoms with Gasteiger partial charge in [-0.25, -0.2) is 9.98 Å². The Hall–Kier alpha value is -6.76. The quantitative estimate of drug-likeness (QED) is 0.0997. The summed E-state index contributed by atoms with van der Waals surface area (Å²) in [5.41, 5.74) is -36.3. The van der Waals surface area contributed by atoms with Crippen LogP contribution in [0.3, 0.4) is 0 Å². The molecule has 0 atom stereocenters. The Labute approximate surface area is 507 Å². The molecule has 0 heterocycles. The maximum Gasteiger partial charge on any atom is 1.00 e. The molecule has 0 fully saturated rings. The van der Waals surface area contributed by atoms with Crippen LogP contribution in [0.4, 0.5) is 181 Å². The van der Waals surface area contributed by atoms with Gasteiger partial charge in [-0.1, -0.05) is 35.7 Å². The van der Waals surface area contributed by atoms with Crippen molar-refractivity contribution < 1.29 is 203 Å². The second kappa shape index (κ2) is 30.6. The third-order valence-electron chi connectivity index (χ3n) is 9.00. The van der Waals surface area contributed by atoms with E-state index >= 15 is 0 Å². The zero-order chi connectivity index (χ0) is 69.4. The first-order valence-corrected chi connectivity index (χ1v) is 21.1. The van der Waals surface area contributed by atoms with E-state index in [-0.39, 0.29) is 93.3 Å². The number of nitriles is 2. The van der Waals surface area contributed by atoms with Gasteiger partial charge in [-0.05, 0) is 60.7 Å². The van der Waals surface area contributed by atoms with Crippen molar-refractivity contribution in [1.82, 2.24) is 0 Å². The van der Waals surface area contributed by atoms with Crippen LogP contribution in [0.5, 0.6) is 0 Å². The average molecular weight is 1560 g/mol. The fraction of sp³-hybridized carbons (Fsp3) is 0.304. The van der Waals surface area contributed by atoms with Crippen LogP contribution in [0, 0.1) is 22.7 Å². The molecule has 0 unspecified atom stereocenters. The molecule has 0 N–H and O–H groups in total. The minimum absolute atomic E-state index is 0. The predicted molar refractivity (Wildman–Crippen MR) is 229 cm³/mol. The molecular weight excluding hydrogens is 1540 g/mol. The molecule has 44 heteroatoms. The number of allylic oxidation sites excluding steroid dienone is 4. The fourth-order valence-electron chi connectivity index (χ4n) is 5.54. The molecule has 0 aliphatic carbocycles. The summed E-state index contributed by atoms with van der Waals surface area (Å²) in [6, 6.07) is -1.75. The van der Waals surface area contributed by atoms with Crippen LogP contribution in [0.15, 0.2) is 106 Å². The predicted octanol–water partition coefficient (Wildman–Crippen LogP) is 22.2. The van der Waals surface area contributed by atoms with E-state index in [1.807, 2.05) is 0 Å². The molecule has 0 saturated carbocycles. The molecule has 508 valence electrons. The SMILES string of the molecule is CC#N.CC#N.FC(F)(F)C(/C=C(\[N-]c1cc(C(F)(F)F)cc(C(F)(F)F)c1)C(F)(F)F)=Nc1cc(C(F)(F)F)cc(C(F)(F)F)c1.FC(F)(F)C(/C=C(\[N-]c1cc(C(F)(F)F)cc(C(F)(F)F)c1)C(F)(F)F)=Nc1cc(C(F)(F)F)cc(C(F)(F)F)c1.[Ag+].[Ag+]. The third kappa shape index (κ3) is 27.8. The summed E-state index contributed by atoms with van der Waals surface area (Å²) in [7, 11) is 0. The molecule has 4 aromatic rings. The van der Waals surface area contributed by atoms with E-state index in [1.54, 1.807) is 12.1 Å². The Morgan fingerprint density at radius 3 is 0.589 bits per heavy atom. The summed E-state index contributed by atoms with van der Waals surface area (Å²) in [6.45, 7) is 2.86. The second-order valence-corrected chi connectivity index (χ2v) is 15.8. The van der Waals surface area contributed by atoms with Crippen molar-refractivity contribution in [2.45, 2.75) is 88.0 Å². The number of hydrogen-bond donors (Lipinski definition) is 0. The molecule has 4 aromatic carbocycles. The summed E-state index contributed by atoms with van der Waals surface area (Å²) < 4.78 is 473. The van der Waals surface area contributed by atoms with E-state index in [0.29, 0.717) is 0 Å². The van der Waals surface area contributed by atoms with Crippen molar-refractivity contribution in [2.24, 2.45) is 9.98 Å². The van der Waals surface area contributed by atoms with Gasteiger partial charge in [0.2, 0.25) is 0 Å². The van der Waals surface area contributed by atoms with E-state index in [0.717, 1.165) is 0 Å². The first-order valence-electron chi connectivity index (χ1n) is 21.1. The van der Waals surface area contributed by atoms with Crippen LogP contribution in [-0.4, -0.2) is 36.1 Å². The van der Waals surface area contributed by atoms with Crippen LogP contribution in [0.25, 0.3) is 10.6 Å². The smallest absolute Gasteiger partial charge is 0.654 e. The minimum Gasteiger partial charge on any atom is -0.654 e. The van der Waals surface area contributed by atoms with Gasteiger partial charge in [0.1, 0.15) is 11.4 Å². The summed E-state index contributed by atoms with van der Waals surface area (Å²) in [5.74, 6) is 0. The van der Waals surface area contributed by atoms with Crippen molar-refractivity contribution in [3.8, 4) is 12.1 Å². The molecule has 0 bridgehead atoms. The number of rotatable bonds is 8. The molecule has 4 rings (SSSR count). The van der Waals surface area contributed by atoms with Gasteiger partial charge < -0.3 is 10.6 Å². The molecule has 0 aliphatic heterocycles. The average Bonchev–Trinajstić information content (AvgIpc) is 3.30. The number of benzene rings is 4. The molecule has 0 saturated heterocycles. The van der Waals surface area contributed by atoms with Crippen LogP contribution in [-0.2, 0) is 94.2 Å². The Kier molecular flexibility index (Phi) is 29.0. The van der Waals surface area contributed by atoms with E-state index in [4.69, 9.17) is 10.5 Å². The Balaban J connectivity index is 0. The number of alkyl halides is 36. The second-order valence-electron chi connectivity index (χ2n) is 15.8. The molecule has 0 amide bonds. The maximum absolute atomic E-state index is 13.5. The van der Waals surface area contributed by atoms with Crippen LogP contribution >= 0.6 is 0 Å². The van der Waals surface area contributed by atoms with E-state index in [2.05, 4.69) is 20.6 Å². The molecular formula is C46H20Ag2F36N6. The van der Waals surface area contributed by atoms with E-state index < -0.39 is 201 Å². The summed E-state index contributed by atoms with van der Waals surface area (Å²) in [5, 5.41) is 19.4. The van der Waals surface area contributed by atoms with Crippen LogP contribution in [0.2, 0.25) is 0 Å².